The zero-order valence-electron chi connectivity index (χ0n) is 15.9. The quantitative estimate of drug-likeness (QED) is 0.640. The number of carbonyl (C=O) groups excluding carboxylic acids is 2. The molecule has 3 rings (SSSR count). The van der Waals surface area contributed by atoms with Crippen LogP contribution in [0.25, 0.3) is 11.3 Å². The van der Waals surface area contributed by atoms with Gasteiger partial charge >= 0.3 is 0 Å². The van der Waals surface area contributed by atoms with E-state index in [1.54, 1.807) is 36.7 Å². The minimum Gasteiger partial charge on any atom is -0.366 e. The first-order chi connectivity index (χ1) is 13.4. The van der Waals surface area contributed by atoms with Crippen LogP contribution >= 0.6 is 0 Å². The minimum absolute atomic E-state index is 0.0868. The molecular weight excluding hydrogens is 354 g/mol. The summed E-state index contributed by atoms with van der Waals surface area (Å²) in [6.45, 7) is 5.37. The average Bonchev–Trinajstić information content (AvgIpc) is 2.68. The molecule has 0 atom stereocenters. The van der Waals surface area contributed by atoms with Crippen molar-refractivity contribution in [1.82, 2.24) is 15.0 Å². The molecule has 0 saturated heterocycles. The molecule has 0 unspecified atom stereocenters. The van der Waals surface area contributed by atoms with Gasteiger partial charge in [-0.2, -0.15) is 0 Å². The number of nitrogens with zero attached hydrogens (tertiary/aromatic N) is 3. The normalized spacial score (nSPS) is 10.6. The molecule has 1 amide bonds. The van der Waals surface area contributed by atoms with E-state index in [0.717, 1.165) is 5.56 Å². The predicted molar refractivity (Wildman–Crippen MR) is 108 cm³/mol. The number of hydrogen-bond acceptors (Lipinski definition) is 6. The van der Waals surface area contributed by atoms with Crippen LogP contribution in [-0.4, -0.2) is 32.7 Å². The van der Waals surface area contributed by atoms with Gasteiger partial charge in [0, 0.05) is 42.2 Å². The Morgan fingerprint density at radius 2 is 1.89 bits per heavy atom. The predicted octanol–water partition coefficient (Wildman–Crippen LogP) is 3.55. The number of amides is 1. The number of pyridine rings is 1. The Balaban J connectivity index is 2.05. The van der Waals surface area contributed by atoms with E-state index in [4.69, 9.17) is 0 Å². The molecule has 0 aliphatic heterocycles. The SMILES string of the molecule is CC(=O)Nc1cccc(-c2cnc(NC(C)C)c(C(=O)c3cccnc3)n2)c1. The molecule has 3 aromatic rings. The highest BCUT2D eigenvalue weighted by Gasteiger charge is 2.19. The van der Waals surface area contributed by atoms with E-state index < -0.39 is 0 Å². The van der Waals surface area contributed by atoms with E-state index in [0.29, 0.717) is 22.8 Å². The summed E-state index contributed by atoms with van der Waals surface area (Å²) in [7, 11) is 0. The average molecular weight is 375 g/mol. The van der Waals surface area contributed by atoms with Crippen LogP contribution < -0.4 is 10.6 Å². The number of hydrogen-bond donors (Lipinski definition) is 2. The minimum atomic E-state index is -0.261. The first-order valence-corrected chi connectivity index (χ1v) is 8.90. The molecule has 2 N–H and O–H groups in total. The summed E-state index contributed by atoms with van der Waals surface area (Å²) in [6.07, 6.45) is 4.73. The molecule has 0 aliphatic carbocycles. The maximum absolute atomic E-state index is 13.0. The summed E-state index contributed by atoms with van der Waals surface area (Å²) < 4.78 is 0. The van der Waals surface area contributed by atoms with Crippen molar-refractivity contribution >= 4 is 23.2 Å². The highest BCUT2D eigenvalue weighted by Crippen LogP contribution is 2.24. The van der Waals surface area contributed by atoms with Crippen molar-refractivity contribution in [2.45, 2.75) is 26.8 Å². The standard InChI is InChI=1S/C21H21N5O2/c1-13(2)24-21-19(20(28)16-7-5-9-22-11-16)26-18(12-23-21)15-6-4-8-17(10-15)25-14(3)27/h4-13H,1-3H3,(H,23,24)(H,25,27). The molecule has 0 fully saturated rings. The molecule has 0 spiro atoms. The summed E-state index contributed by atoms with van der Waals surface area (Å²) in [5.41, 5.74) is 2.59. The Morgan fingerprint density at radius 1 is 1.07 bits per heavy atom. The van der Waals surface area contributed by atoms with Gasteiger partial charge in [0.1, 0.15) is 0 Å². The lowest BCUT2D eigenvalue weighted by Gasteiger charge is -2.14. The summed E-state index contributed by atoms with van der Waals surface area (Å²) >= 11 is 0. The molecule has 142 valence electrons. The van der Waals surface area contributed by atoms with Gasteiger partial charge in [0.05, 0.1) is 11.9 Å². The lowest BCUT2D eigenvalue weighted by molar-refractivity contribution is -0.114. The smallest absolute Gasteiger partial charge is 0.221 e. The third-order valence-corrected chi connectivity index (χ3v) is 3.82. The van der Waals surface area contributed by atoms with E-state index >= 15 is 0 Å². The van der Waals surface area contributed by atoms with E-state index in [-0.39, 0.29) is 23.4 Å². The van der Waals surface area contributed by atoms with Gasteiger partial charge in [0.15, 0.2) is 11.5 Å². The fourth-order valence-corrected chi connectivity index (χ4v) is 2.66. The Bertz CT molecular complexity index is 1000. The topological polar surface area (TPSA) is 96.9 Å². The van der Waals surface area contributed by atoms with Crippen LogP contribution in [0.15, 0.2) is 55.0 Å². The molecule has 28 heavy (non-hydrogen) atoms. The van der Waals surface area contributed by atoms with Crippen LogP contribution in [-0.2, 0) is 4.79 Å². The number of aromatic nitrogens is 3. The first kappa shape index (κ1) is 19.2. The largest absolute Gasteiger partial charge is 0.366 e. The van der Waals surface area contributed by atoms with Crippen LogP contribution in [0, 0.1) is 0 Å². The van der Waals surface area contributed by atoms with Crippen molar-refractivity contribution in [2.75, 3.05) is 10.6 Å². The van der Waals surface area contributed by atoms with E-state index in [1.807, 2.05) is 26.0 Å². The monoisotopic (exact) mass is 375 g/mol. The fraction of sp³-hybridized carbons (Fsp3) is 0.190. The van der Waals surface area contributed by atoms with Gasteiger partial charge in [-0.15, -0.1) is 0 Å². The van der Waals surface area contributed by atoms with E-state index in [1.165, 1.54) is 13.1 Å². The first-order valence-electron chi connectivity index (χ1n) is 8.90. The third kappa shape index (κ3) is 4.56. The van der Waals surface area contributed by atoms with Gasteiger partial charge in [0.2, 0.25) is 11.7 Å². The zero-order valence-corrected chi connectivity index (χ0v) is 15.9. The molecule has 7 nitrogen and oxygen atoms in total. The van der Waals surface area contributed by atoms with Crippen LogP contribution in [0.2, 0.25) is 0 Å². The van der Waals surface area contributed by atoms with Gasteiger partial charge in [-0.25, -0.2) is 9.97 Å². The molecule has 1 aromatic carbocycles. The van der Waals surface area contributed by atoms with Crippen LogP contribution in [0.1, 0.15) is 36.8 Å². The molecule has 2 heterocycles. The van der Waals surface area contributed by atoms with E-state index in [9.17, 15) is 9.59 Å². The van der Waals surface area contributed by atoms with Gasteiger partial charge in [-0.05, 0) is 38.1 Å². The Morgan fingerprint density at radius 3 is 2.57 bits per heavy atom. The second-order valence-electron chi connectivity index (χ2n) is 6.58. The lowest BCUT2D eigenvalue weighted by atomic mass is 10.1. The maximum Gasteiger partial charge on any atom is 0.221 e. The summed E-state index contributed by atoms with van der Waals surface area (Å²) in [4.78, 5) is 37.3. The van der Waals surface area contributed by atoms with Crippen LogP contribution in [0.3, 0.4) is 0 Å². The Labute approximate surface area is 163 Å². The van der Waals surface area contributed by atoms with Crippen molar-refractivity contribution in [2.24, 2.45) is 0 Å². The molecule has 0 aliphatic rings. The summed E-state index contributed by atoms with van der Waals surface area (Å²) in [5.74, 6) is 0.00129. The summed E-state index contributed by atoms with van der Waals surface area (Å²) in [6, 6.07) is 10.7. The number of carbonyl (C=O) groups is 2. The fourth-order valence-electron chi connectivity index (χ4n) is 2.66. The molecular formula is C21H21N5O2. The van der Waals surface area contributed by atoms with Crippen LogP contribution in [0.5, 0.6) is 0 Å². The summed E-state index contributed by atoms with van der Waals surface area (Å²) in [5, 5.41) is 5.91. The lowest BCUT2D eigenvalue weighted by Crippen LogP contribution is -2.17. The highest BCUT2D eigenvalue weighted by atomic mass is 16.1. The van der Waals surface area contributed by atoms with Crippen molar-refractivity contribution in [3.63, 3.8) is 0 Å². The van der Waals surface area contributed by atoms with Crippen molar-refractivity contribution in [1.29, 1.82) is 0 Å². The number of benzene rings is 1. The van der Waals surface area contributed by atoms with Crippen LogP contribution in [0.4, 0.5) is 11.5 Å². The van der Waals surface area contributed by atoms with Gasteiger partial charge in [-0.3, -0.25) is 14.6 Å². The second kappa shape index (κ2) is 8.39. The maximum atomic E-state index is 13.0. The van der Waals surface area contributed by atoms with Crippen molar-refractivity contribution in [3.8, 4) is 11.3 Å². The number of nitrogens with one attached hydrogen (secondary N) is 2. The van der Waals surface area contributed by atoms with Gasteiger partial charge in [0.25, 0.3) is 0 Å². The zero-order chi connectivity index (χ0) is 20.1. The second-order valence-corrected chi connectivity index (χ2v) is 6.58. The Hall–Kier alpha value is -3.61. The van der Waals surface area contributed by atoms with E-state index in [2.05, 4.69) is 25.6 Å². The molecule has 7 heteroatoms. The molecule has 2 aromatic heterocycles. The van der Waals surface area contributed by atoms with Gasteiger partial charge in [-0.1, -0.05) is 12.1 Å². The molecule has 0 saturated carbocycles. The van der Waals surface area contributed by atoms with Crippen molar-refractivity contribution < 1.29 is 9.59 Å². The number of ketones is 1. The number of anilines is 2. The van der Waals surface area contributed by atoms with Crippen molar-refractivity contribution in [3.05, 3.63) is 66.2 Å². The highest BCUT2D eigenvalue weighted by molar-refractivity contribution is 6.10. The molecule has 0 bridgehead atoms. The Kier molecular flexibility index (Phi) is 5.74. The molecule has 0 radical (unpaired) electrons. The third-order valence-electron chi connectivity index (χ3n) is 3.82. The van der Waals surface area contributed by atoms with Gasteiger partial charge < -0.3 is 10.6 Å². The number of rotatable bonds is 6.